The van der Waals surface area contributed by atoms with Crippen molar-refractivity contribution in [3.8, 4) is 0 Å². The van der Waals surface area contributed by atoms with E-state index < -0.39 is 16.0 Å². The van der Waals surface area contributed by atoms with Gasteiger partial charge in [-0.2, -0.15) is 0 Å². The highest BCUT2D eigenvalue weighted by Crippen LogP contribution is 2.26. The van der Waals surface area contributed by atoms with Gasteiger partial charge >= 0.3 is 5.97 Å². The molecule has 0 aliphatic carbocycles. The monoisotopic (exact) mass is 359 g/mol. The van der Waals surface area contributed by atoms with Gasteiger partial charge in [-0.3, -0.25) is 4.40 Å². The molecule has 128 valence electrons. The van der Waals surface area contributed by atoms with E-state index in [9.17, 15) is 18.3 Å². The minimum Gasteiger partial charge on any atom is -0.476 e. The van der Waals surface area contributed by atoms with Gasteiger partial charge in [0.15, 0.2) is 11.5 Å². The number of imidazole rings is 1. The zero-order valence-corrected chi connectivity index (χ0v) is 13.8. The number of aryl methyl sites for hydroxylation is 1. The molecular weight excluding hydrogens is 346 g/mol. The molecule has 0 unspecified atom stereocenters. The molecule has 0 spiro atoms. The third kappa shape index (κ3) is 3.25. The number of azo groups is 1. The zero-order chi connectivity index (χ0) is 18.2. The van der Waals surface area contributed by atoms with Gasteiger partial charge in [-0.25, -0.2) is 23.3 Å². The van der Waals surface area contributed by atoms with Crippen molar-refractivity contribution in [2.45, 2.75) is 11.8 Å². The van der Waals surface area contributed by atoms with Crippen molar-refractivity contribution in [2.75, 3.05) is 0 Å². The lowest BCUT2D eigenvalue weighted by molar-refractivity contribution is 0.0692. The molecular formula is C15H13N5O4S. The number of pyridine rings is 1. The number of fused-ring (bicyclic) bond motifs is 1. The first-order valence-electron chi connectivity index (χ1n) is 7.03. The molecule has 0 aliphatic rings. The fourth-order valence-electron chi connectivity index (χ4n) is 2.24. The number of hydrogen-bond acceptors (Lipinski definition) is 6. The summed E-state index contributed by atoms with van der Waals surface area (Å²) in [6.07, 6.45) is 1.64. The number of nitrogens with zero attached hydrogens (tertiary/aromatic N) is 4. The predicted octanol–water partition coefficient (Wildman–Crippen LogP) is 2.40. The van der Waals surface area contributed by atoms with E-state index >= 15 is 0 Å². The Morgan fingerprint density at radius 3 is 2.48 bits per heavy atom. The molecule has 10 heteroatoms. The Morgan fingerprint density at radius 2 is 1.88 bits per heavy atom. The van der Waals surface area contributed by atoms with Gasteiger partial charge in [-0.15, -0.1) is 10.2 Å². The van der Waals surface area contributed by atoms with E-state index in [1.807, 2.05) is 0 Å². The molecule has 3 N–H and O–H groups in total. The number of aromatic carboxylic acids is 1. The van der Waals surface area contributed by atoms with Crippen molar-refractivity contribution < 1.29 is 18.3 Å². The first-order valence-corrected chi connectivity index (χ1v) is 8.57. The van der Waals surface area contributed by atoms with E-state index in [0.717, 1.165) is 5.56 Å². The Morgan fingerprint density at radius 1 is 1.20 bits per heavy atom. The van der Waals surface area contributed by atoms with Gasteiger partial charge in [0, 0.05) is 6.20 Å². The Labute approximate surface area is 142 Å². The maximum Gasteiger partial charge on any atom is 0.358 e. The largest absolute Gasteiger partial charge is 0.476 e. The first kappa shape index (κ1) is 16.7. The number of primary sulfonamides is 1. The van der Waals surface area contributed by atoms with Crippen LogP contribution in [0.1, 0.15) is 16.1 Å². The van der Waals surface area contributed by atoms with Crippen LogP contribution in [0.4, 0.5) is 11.5 Å². The smallest absolute Gasteiger partial charge is 0.358 e. The molecule has 0 fully saturated rings. The number of nitrogens with two attached hydrogens (primary N) is 1. The second kappa shape index (κ2) is 6.07. The molecule has 0 aliphatic heterocycles. The van der Waals surface area contributed by atoms with Gasteiger partial charge in [-0.1, -0.05) is 6.07 Å². The van der Waals surface area contributed by atoms with Crippen LogP contribution in [0.3, 0.4) is 0 Å². The summed E-state index contributed by atoms with van der Waals surface area (Å²) in [5, 5.41) is 22.3. The molecule has 9 nitrogen and oxygen atoms in total. The van der Waals surface area contributed by atoms with Gasteiger partial charge < -0.3 is 5.11 Å². The summed E-state index contributed by atoms with van der Waals surface area (Å²) >= 11 is 0. The van der Waals surface area contributed by atoms with Crippen molar-refractivity contribution in [2.24, 2.45) is 15.4 Å². The Hall–Kier alpha value is -3.11. The highest BCUT2D eigenvalue weighted by Gasteiger charge is 2.19. The van der Waals surface area contributed by atoms with Crippen molar-refractivity contribution in [3.05, 3.63) is 53.9 Å². The van der Waals surface area contributed by atoms with Crippen LogP contribution in [0.15, 0.2) is 57.7 Å². The van der Waals surface area contributed by atoms with Crippen LogP contribution in [0.5, 0.6) is 0 Å². The Balaban J connectivity index is 2.05. The van der Waals surface area contributed by atoms with Crippen molar-refractivity contribution in [1.82, 2.24) is 9.38 Å². The minimum absolute atomic E-state index is 0.0527. The lowest BCUT2D eigenvalue weighted by Crippen LogP contribution is -2.11. The molecule has 2 aromatic heterocycles. The Bertz CT molecular complexity index is 1100. The second-order valence-electron chi connectivity index (χ2n) is 5.21. The zero-order valence-electron chi connectivity index (χ0n) is 13.0. The summed E-state index contributed by atoms with van der Waals surface area (Å²) in [5.74, 6) is -1.15. The number of carboxylic acid groups (broad SMARTS) is 1. The molecule has 1 aromatic carbocycles. The number of aromatic nitrogens is 2. The molecule has 0 radical (unpaired) electrons. The van der Waals surface area contributed by atoms with Crippen LogP contribution in [-0.2, 0) is 10.0 Å². The van der Waals surface area contributed by atoms with Crippen LogP contribution in [0.2, 0.25) is 0 Å². The summed E-state index contributed by atoms with van der Waals surface area (Å²) in [6, 6.07) is 8.97. The molecule has 3 aromatic rings. The van der Waals surface area contributed by atoms with E-state index in [1.54, 1.807) is 25.3 Å². The molecule has 0 amide bonds. The average molecular weight is 359 g/mol. The molecule has 0 saturated heterocycles. The van der Waals surface area contributed by atoms with E-state index in [-0.39, 0.29) is 16.4 Å². The van der Waals surface area contributed by atoms with E-state index in [4.69, 9.17) is 5.14 Å². The van der Waals surface area contributed by atoms with Gasteiger partial charge in [-0.05, 0) is 42.8 Å². The molecule has 2 heterocycles. The lowest BCUT2D eigenvalue weighted by Gasteiger charge is -1.99. The summed E-state index contributed by atoms with van der Waals surface area (Å²) in [4.78, 5) is 15.4. The summed E-state index contributed by atoms with van der Waals surface area (Å²) in [5.41, 5.74) is 1.38. The van der Waals surface area contributed by atoms with Crippen LogP contribution in [0.25, 0.3) is 5.65 Å². The number of benzene rings is 1. The second-order valence-corrected chi connectivity index (χ2v) is 6.77. The standard InChI is InChI=1S/C15H13N5O4S/c1-9-3-2-8-20-13(9)17-12(15(21)22)14(20)19-18-10-4-6-11(7-5-10)25(16,23)24/h2-8H,1H3,(H,21,22)(H2,16,23,24). The highest BCUT2D eigenvalue weighted by molar-refractivity contribution is 7.89. The van der Waals surface area contributed by atoms with Crippen molar-refractivity contribution in [3.63, 3.8) is 0 Å². The molecule has 3 rings (SSSR count). The number of hydrogen-bond donors (Lipinski definition) is 2. The number of sulfonamides is 1. The normalized spacial score (nSPS) is 12.1. The fraction of sp³-hybridized carbons (Fsp3) is 0.0667. The summed E-state index contributed by atoms with van der Waals surface area (Å²) in [7, 11) is -3.79. The summed E-state index contributed by atoms with van der Waals surface area (Å²) < 4.78 is 24.0. The number of carbonyl (C=O) groups is 1. The molecule has 0 bridgehead atoms. The fourth-order valence-corrected chi connectivity index (χ4v) is 2.75. The number of rotatable bonds is 4. The molecule has 25 heavy (non-hydrogen) atoms. The van der Waals surface area contributed by atoms with Gasteiger partial charge in [0.05, 0.1) is 10.6 Å². The predicted molar refractivity (Wildman–Crippen MR) is 88.9 cm³/mol. The third-order valence-corrected chi connectivity index (χ3v) is 4.38. The molecule has 0 saturated carbocycles. The quantitative estimate of drug-likeness (QED) is 0.688. The highest BCUT2D eigenvalue weighted by atomic mass is 32.2. The SMILES string of the molecule is Cc1cccn2c(N=Nc3ccc(S(N)(=O)=O)cc3)c(C(=O)O)nc12. The number of carboxylic acids is 1. The van der Waals surface area contributed by atoms with Gasteiger partial charge in [0.1, 0.15) is 5.65 Å². The van der Waals surface area contributed by atoms with Crippen LogP contribution in [0, 0.1) is 6.92 Å². The van der Waals surface area contributed by atoms with Gasteiger partial charge in [0.2, 0.25) is 10.0 Å². The average Bonchev–Trinajstić information content (AvgIpc) is 2.93. The summed E-state index contributed by atoms with van der Waals surface area (Å²) in [6.45, 7) is 1.81. The van der Waals surface area contributed by atoms with E-state index in [2.05, 4.69) is 15.2 Å². The van der Waals surface area contributed by atoms with Crippen LogP contribution < -0.4 is 5.14 Å². The van der Waals surface area contributed by atoms with Crippen molar-refractivity contribution >= 4 is 33.1 Å². The van der Waals surface area contributed by atoms with Crippen LogP contribution >= 0.6 is 0 Å². The first-order chi connectivity index (χ1) is 11.8. The van der Waals surface area contributed by atoms with Crippen molar-refractivity contribution in [1.29, 1.82) is 0 Å². The van der Waals surface area contributed by atoms with Gasteiger partial charge in [0.25, 0.3) is 0 Å². The minimum atomic E-state index is -3.79. The Kier molecular flexibility index (Phi) is 4.07. The maximum absolute atomic E-state index is 11.4. The van der Waals surface area contributed by atoms with Crippen LogP contribution in [-0.4, -0.2) is 28.9 Å². The third-order valence-electron chi connectivity index (χ3n) is 3.45. The van der Waals surface area contributed by atoms with E-state index in [1.165, 1.54) is 28.7 Å². The maximum atomic E-state index is 11.4. The van der Waals surface area contributed by atoms with E-state index in [0.29, 0.717) is 11.3 Å². The molecule has 0 atom stereocenters. The lowest BCUT2D eigenvalue weighted by atomic mass is 10.3. The topological polar surface area (TPSA) is 139 Å².